The van der Waals surface area contributed by atoms with E-state index < -0.39 is 0 Å². The largest absolute Gasteiger partial charge is 0.354 e. The maximum atomic E-state index is 3.59. The zero-order valence-electron chi connectivity index (χ0n) is 13.7. The van der Waals surface area contributed by atoms with Gasteiger partial charge < -0.3 is 4.98 Å². The van der Waals surface area contributed by atoms with Crippen LogP contribution in [0, 0.1) is 11.8 Å². The zero-order valence-corrected chi connectivity index (χ0v) is 14.5. The van der Waals surface area contributed by atoms with E-state index in [0.29, 0.717) is 5.92 Å². The van der Waals surface area contributed by atoms with Crippen molar-refractivity contribution >= 4 is 49.3 Å². The smallest absolute Gasteiger partial charge is 0.0479 e. The summed E-state index contributed by atoms with van der Waals surface area (Å²) in [4.78, 5) is 5.10. The first kappa shape index (κ1) is 13.3. The second kappa shape index (κ2) is 4.52. The highest BCUT2D eigenvalue weighted by Gasteiger charge is 2.32. The Balaban J connectivity index is 1.71. The van der Waals surface area contributed by atoms with E-state index in [9.17, 15) is 0 Å². The topological polar surface area (TPSA) is 15.8 Å². The number of aromatic amines is 1. The van der Waals surface area contributed by atoms with Gasteiger partial charge in [0.05, 0.1) is 0 Å². The number of allylic oxidation sites excluding steroid dienone is 1. The van der Waals surface area contributed by atoms with Crippen LogP contribution in [-0.4, -0.2) is 4.98 Å². The summed E-state index contributed by atoms with van der Waals surface area (Å²) in [5.41, 5.74) is 5.80. The molecular weight excluding hydrogens is 310 g/mol. The molecule has 1 fully saturated rings. The van der Waals surface area contributed by atoms with Gasteiger partial charge >= 0.3 is 0 Å². The first-order valence-electron chi connectivity index (χ1n) is 8.96. The molecule has 0 saturated heterocycles. The molecule has 1 saturated carbocycles. The van der Waals surface area contributed by atoms with Crippen LogP contribution < -0.4 is 0 Å². The standard InChI is InChI=1S/C22H19NS/c1-12-10-17-14-8-9-19-21(15-4-2-3-5-18(15)23-19)22(14)24-20(17)11-16(12)13-6-7-13/h2-5,8-9,11-13,23H,6-7,10H2,1H3. The average molecular weight is 329 g/mol. The van der Waals surface area contributed by atoms with Crippen molar-refractivity contribution < 1.29 is 0 Å². The Bertz CT molecular complexity index is 1150. The van der Waals surface area contributed by atoms with Gasteiger partial charge in [-0.05, 0) is 60.3 Å². The van der Waals surface area contributed by atoms with Gasteiger partial charge in [-0.2, -0.15) is 0 Å². The SMILES string of the molecule is CC1Cc2c(sc3c2ccc2[nH]c4ccccc4c23)C=C1C1CC1. The molecule has 0 bridgehead atoms. The average Bonchev–Trinajstić information content (AvgIpc) is 3.27. The second-order valence-electron chi connectivity index (χ2n) is 7.50. The Morgan fingerprint density at radius 2 is 1.88 bits per heavy atom. The van der Waals surface area contributed by atoms with E-state index >= 15 is 0 Å². The number of aromatic nitrogens is 1. The number of fused-ring (bicyclic) bond motifs is 7. The van der Waals surface area contributed by atoms with Crippen molar-refractivity contribution in [3.63, 3.8) is 0 Å². The van der Waals surface area contributed by atoms with Crippen LogP contribution in [0.4, 0.5) is 0 Å². The third-order valence-corrected chi connectivity index (χ3v) is 7.10. The molecule has 2 heteroatoms. The van der Waals surface area contributed by atoms with Crippen molar-refractivity contribution in [2.75, 3.05) is 0 Å². The maximum Gasteiger partial charge on any atom is 0.0479 e. The van der Waals surface area contributed by atoms with Gasteiger partial charge in [0, 0.05) is 31.4 Å². The van der Waals surface area contributed by atoms with Crippen molar-refractivity contribution in [3.05, 3.63) is 52.4 Å². The number of nitrogens with one attached hydrogen (secondary N) is 1. The lowest BCUT2D eigenvalue weighted by atomic mass is 9.84. The zero-order chi connectivity index (χ0) is 15.8. The van der Waals surface area contributed by atoms with E-state index in [1.165, 1.54) is 56.0 Å². The monoisotopic (exact) mass is 329 g/mol. The molecule has 1 unspecified atom stereocenters. The normalized spacial score (nSPS) is 20.7. The van der Waals surface area contributed by atoms with Gasteiger partial charge in [-0.3, -0.25) is 0 Å². The molecule has 4 aromatic rings. The van der Waals surface area contributed by atoms with E-state index in [-0.39, 0.29) is 0 Å². The molecule has 2 aromatic heterocycles. The van der Waals surface area contributed by atoms with Gasteiger partial charge in [0.1, 0.15) is 0 Å². The number of para-hydroxylation sites is 1. The molecule has 6 rings (SSSR count). The van der Waals surface area contributed by atoms with Gasteiger partial charge in [-0.1, -0.05) is 36.8 Å². The van der Waals surface area contributed by atoms with Crippen LogP contribution in [-0.2, 0) is 6.42 Å². The molecular formula is C22H19NS. The van der Waals surface area contributed by atoms with Crippen molar-refractivity contribution in [1.82, 2.24) is 4.98 Å². The van der Waals surface area contributed by atoms with E-state index in [1.807, 2.05) is 11.3 Å². The lowest BCUT2D eigenvalue weighted by molar-refractivity contribution is 0.635. The van der Waals surface area contributed by atoms with Crippen molar-refractivity contribution in [2.24, 2.45) is 11.8 Å². The van der Waals surface area contributed by atoms with Gasteiger partial charge in [-0.15, -0.1) is 11.3 Å². The molecule has 0 aliphatic heterocycles. The van der Waals surface area contributed by atoms with E-state index in [1.54, 1.807) is 11.1 Å². The summed E-state index contributed by atoms with van der Waals surface area (Å²) < 4.78 is 1.47. The molecule has 0 amide bonds. The molecule has 2 aromatic carbocycles. The van der Waals surface area contributed by atoms with Crippen molar-refractivity contribution in [2.45, 2.75) is 26.2 Å². The van der Waals surface area contributed by atoms with Crippen LogP contribution in [0.25, 0.3) is 38.0 Å². The number of H-pyrrole nitrogens is 1. The van der Waals surface area contributed by atoms with Crippen LogP contribution in [0.5, 0.6) is 0 Å². The third-order valence-electron chi connectivity index (χ3n) is 5.88. The Hall–Kier alpha value is -2.06. The third kappa shape index (κ3) is 1.70. The summed E-state index contributed by atoms with van der Waals surface area (Å²) in [7, 11) is 0. The van der Waals surface area contributed by atoms with E-state index in [2.05, 4.69) is 54.4 Å². The minimum absolute atomic E-state index is 0.710. The highest BCUT2D eigenvalue weighted by atomic mass is 32.1. The molecule has 118 valence electrons. The predicted octanol–water partition coefficient (Wildman–Crippen LogP) is 6.52. The molecule has 2 heterocycles. The summed E-state index contributed by atoms with van der Waals surface area (Å²) in [5.74, 6) is 1.59. The quantitative estimate of drug-likeness (QED) is 0.409. The number of hydrogen-bond donors (Lipinski definition) is 1. The fourth-order valence-electron chi connectivity index (χ4n) is 4.54. The van der Waals surface area contributed by atoms with Crippen LogP contribution in [0.1, 0.15) is 30.2 Å². The molecule has 1 N–H and O–H groups in total. The maximum absolute atomic E-state index is 3.59. The Labute approximate surface area is 145 Å². The van der Waals surface area contributed by atoms with Crippen molar-refractivity contribution in [1.29, 1.82) is 0 Å². The second-order valence-corrected chi connectivity index (χ2v) is 8.56. The fraction of sp³-hybridized carbons (Fsp3) is 0.273. The van der Waals surface area contributed by atoms with Gasteiger partial charge in [0.25, 0.3) is 0 Å². The summed E-state index contributed by atoms with van der Waals surface area (Å²) >= 11 is 2.00. The van der Waals surface area contributed by atoms with Crippen LogP contribution in [0.3, 0.4) is 0 Å². The molecule has 0 spiro atoms. The molecule has 0 radical (unpaired) electrons. The molecule has 2 aliphatic carbocycles. The summed E-state index contributed by atoms with van der Waals surface area (Å²) in [6.45, 7) is 2.42. The molecule has 1 atom stereocenters. The lowest BCUT2D eigenvalue weighted by Crippen LogP contribution is -2.09. The van der Waals surface area contributed by atoms with Gasteiger partial charge in [0.2, 0.25) is 0 Å². The number of thiophene rings is 1. The van der Waals surface area contributed by atoms with E-state index in [0.717, 1.165) is 5.92 Å². The van der Waals surface area contributed by atoms with Gasteiger partial charge in [0.15, 0.2) is 0 Å². The molecule has 2 aliphatic rings. The number of benzene rings is 2. The fourth-order valence-corrected chi connectivity index (χ4v) is 5.89. The van der Waals surface area contributed by atoms with Crippen LogP contribution in [0.15, 0.2) is 42.0 Å². The lowest BCUT2D eigenvalue weighted by Gasteiger charge is -2.21. The molecule has 24 heavy (non-hydrogen) atoms. The van der Waals surface area contributed by atoms with Crippen molar-refractivity contribution in [3.8, 4) is 0 Å². The Morgan fingerprint density at radius 3 is 2.75 bits per heavy atom. The number of rotatable bonds is 1. The first-order valence-corrected chi connectivity index (χ1v) is 9.77. The highest BCUT2D eigenvalue weighted by molar-refractivity contribution is 7.21. The summed E-state index contributed by atoms with van der Waals surface area (Å²) in [6, 6.07) is 13.3. The summed E-state index contributed by atoms with van der Waals surface area (Å²) in [5, 5.41) is 4.25. The number of hydrogen-bond acceptors (Lipinski definition) is 1. The predicted molar refractivity (Wildman–Crippen MR) is 105 cm³/mol. The minimum atomic E-state index is 0.710. The van der Waals surface area contributed by atoms with Crippen LogP contribution >= 0.6 is 11.3 Å². The first-order chi connectivity index (χ1) is 11.8. The molecule has 1 nitrogen and oxygen atoms in total. The highest BCUT2D eigenvalue weighted by Crippen LogP contribution is 2.49. The summed E-state index contributed by atoms with van der Waals surface area (Å²) in [6.07, 6.45) is 6.56. The van der Waals surface area contributed by atoms with E-state index in [4.69, 9.17) is 0 Å². The Kier molecular flexibility index (Phi) is 2.49. The van der Waals surface area contributed by atoms with Crippen LogP contribution in [0.2, 0.25) is 0 Å². The van der Waals surface area contributed by atoms with Gasteiger partial charge in [-0.25, -0.2) is 0 Å². The Morgan fingerprint density at radius 1 is 1.00 bits per heavy atom. The minimum Gasteiger partial charge on any atom is -0.354 e.